The van der Waals surface area contributed by atoms with Crippen molar-refractivity contribution in [2.45, 2.75) is 52.2 Å². The number of esters is 1. The van der Waals surface area contributed by atoms with Crippen molar-refractivity contribution in [1.29, 1.82) is 0 Å². The predicted octanol–water partition coefficient (Wildman–Crippen LogP) is 4.20. The smallest absolute Gasteiger partial charge is 0.305 e. The van der Waals surface area contributed by atoms with Gasteiger partial charge in [-0.2, -0.15) is 5.21 Å². The van der Waals surface area contributed by atoms with Crippen molar-refractivity contribution in [3.8, 4) is 22.5 Å². The number of hydrogen-bond donors (Lipinski definition) is 1. The molecule has 16 heteroatoms. The van der Waals surface area contributed by atoms with Crippen LogP contribution in [0.5, 0.6) is 0 Å². The first-order chi connectivity index (χ1) is 21.9. The molecule has 0 spiro atoms. The predicted molar refractivity (Wildman–Crippen MR) is 161 cm³/mol. The second kappa shape index (κ2) is 16.8. The lowest BCUT2D eigenvalue weighted by Gasteiger charge is -2.18. The lowest BCUT2D eigenvalue weighted by Crippen LogP contribution is -2.28. The number of nitrogens with one attached hydrogen (secondary N) is 1. The summed E-state index contributed by atoms with van der Waals surface area (Å²) in [6, 6.07) is 15.9. The number of hydroxylamine groups is 2. The zero-order valence-corrected chi connectivity index (χ0v) is 25.4. The maximum Gasteiger partial charge on any atom is 0.305 e. The minimum Gasteiger partial charge on any atom is -0.464 e. The van der Waals surface area contributed by atoms with Crippen LogP contribution in [-0.2, 0) is 43.6 Å². The highest BCUT2D eigenvalue weighted by atomic mass is 35.5. The Bertz CT molecular complexity index is 1550. The molecule has 2 heterocycles. The van der Waals surface area contributed by atoms with Crippen LogP contribution in [0.1, 0.15) is 49.7 Å². The van der Waals surface area contributed by atoms with Gasteiger partial charge in [-0.25, -0.2) is 10.0 Å². The fraction of sp³-hybridized carbons (Fsp3) is 0.379. The Kier molecular flexibility index (Phi) is 12.3. The lowest BCUT2D eigenvalue weighted by atomic mass is 9.98. The number of H-pyrrole nitrogens is 1. The molecule has 15 nitrogen and oxygen atoms in total. The van der Waals surface area contributed by atoms with Crippen LogP contribution < -0.4 is 0 Å². The van der Waals surface area contributed by atoms with Crippen LogP contribution in [0.4, 0.5) is 0 Å². The normalized spacial score (nSPS) is 10.9. The minimum absolute atomic E-state index is 0.0259. The summed E-state index contributed by atoms with van der Waals surface area (Å²) in [5.74, 6) is 0.745. The van der Waals surface area contributed by atoms with Gasteiger partial charge in [-0.3, -0.25) is 14.4 Å². The monoisotopic (exact) mass is 640 g/mol. The number of aromatic nitrogens is 6. The van der Waals surface area contributed by atoms with Gasteiger partial charge in [0.2, 0.25) is 12.2 Å². The van der Waals surface area contributed by atoms with E-state index in [-0.39, 0.29) is 44.4 Å². The third-order valence-corrected chi connectivity index (χ3v) is 7.06. The van der Waals surface area contributed by atoms with E-state index in [0.29, 0.717) is 30.9 Å². The topological polar surface area (TPSA) is 180 Å². The molecule has 0 bridgehead atoms. The highest BCUT2D eigenvalue weighted by Crippen LogP contribution is 2.30. The number of benzene rings is 2. The number of halogens is 1. The fourth-order valence-electron chi connectivity index (χ4n) is 4.50. The molecule has 4 aromatic rings. The molecule has 0 atom stereocenters. The average Bonchev–Trinajstić information content (AvgIpc) is 3.68. The number of hydrogen-bond acceptors (Lipinski definition) is 11. The Morgan fingerprint density at radius 3 is 2.60 bits per heavy atom. The van der Waals surface area contributed by atoms with Crippen molar-refractivity contribution >= 4 is 24.0 Å². The molecule has 4 rings (SSSR count). The number of amides is 1. The molecule has 1 N–H and O–H groups in total. The maximum absolute atomic E-state index is 11.8. The summed E-state index contributed by atoms with van der Waals surface area (Å²) in [6.07, 6.45) is 3.17. The summed E-state index contributed by atoms with van der Waals surface area (Å²) < 4.78 is 7.07. The molecule has 45 heavy (non-hydrogen) atoms. The Balaban J connectivity index is 1.41. The Morgan fingerprint density at radius 1 is 1.13 bits per heavy atom. The van der Waals surface area contributed by atoms with E-state index in [0.717, 1.165) is 46.0 Å². The van der Waals surface area contributed by atoms with Crippen LogP contribution in [0.15, 0.2) is 48.5 Å². The third-order valence-electron chi connectivity index (χ3n) is 6.76. The van der Waals surface area contributed by atoms with E-state index in [1.165, 1.54) is 0 Å². The summed E-state index contributed by atoms with van der Waals surface area (Å²) in [5.41, 5.74) is 4.43. The average molecular weight is 641 g/mol. The molecule has 0 radical (unpaired) electrons. The number of unbranched alkanes of at least 4 members (excludes halogenated alkanes) is 1. The molecule has 2 aromatic carbocycles. The summed E-state index contributed by atoms with van der Waals surface area (Å²) in [6.45, 7) is 2.17. The Labute approximate surface area is 263 Å². The number of tetrazole rings is 1. The SMILES string of the molecule is CCCCc1nc(Cl)c(CON(C=O)CCOC(=O)CCCO[N+](=O)[O-])n1Cc1ccc(-c2ccccc2-c2nn[nH]n2)cc1. The molecule has 0 saturated carbocycles. The van der Waals surface area contributed by atoms with Crippen molar-refractivity contribution in [2.24, 2.45) is 0 Å². The molecule has 0 unspecified atom stereocenters. The number of carbonyl (C=O) groups is 2. The standard InChI is InChI=1S/C29H33ClN8O7/c1-2-3-9-26-31-28(30)25(19-45-36(20-39)15-17-43-27(40)10-6-16-44-38(41)42)37(26)18-21-11-13-22(14-12-21)23-7-4-5-8-24(23)29-32-34-35-33-29/h4-5,7-8,11-14,20H,2-3,6,9-10,15-19H2,1H3,(H,32,33,34,35). The second-order valence-electron chi connectivity index (χ2n) is 9.83. The van der Waals surface area contributed by atoms with Gasteiger partial charge in [-0.05, 0) is 34.7 Å². The molecular weight excluding hydrogens is 608 g/mol. The number of imidazole rings is 1. The van der Waals surface area contributed by atoms with Crippen molar-refractivity contribution in [2.75, 3.05) is 19.8 Å². The first-order valence-corrected chi connectivity index (χ1v) is 14.7. The van der Waals surface area contributed by atoms with Crippen LogP contribution >= 0.6 is 11.6 Å². The van der Waals surface area contributed by atoms with E-state index in [1.54, 1.807) is 0 Å². The zero-order chi connectivity index (χ0) is 32.0. The van der Waals surface area contributed by atoms with E-state index in [4.69, 9.17) is 21.2 Å². The Morgan fingerprint density at radius 2 is 1.91 bits per heavy atom. The highest BCUT2D eigenvalue weighted by molar-refractivity contribution is 6.30. The van der Waals surface area contributed by atoms with Crippen molar-refractivity contribution in [1.82, 2.24) is 35.2 Å². The molecule has 0 aliphatic carbocycles. The van der Waals surface area contributed by atoms with E-state index >= 15 is 0 Å². The lowest BCUT2D eigenvalue weighted by molar-refractivity contribution is -0.757. The molecule has 1 amide bonds. The van der Waals surface area contributed by atoms with Gasteiger partial charge in [-0.1, -0.05) is 73.5 Å². The largest absolute Gasteiger partial charge is 0.464 e. The van der Waals surface area contributed by atoms with Gasteiger partial charge >= 0.3 is 5.97 Å². The van der Waals surface area contributed by atoms with Gasteiger partial charge in [0.15, 0.2) is 5.15 Å². The number of rotatable bonds is 19. The van der Waals surface area contributed by atoms with Gasteiger partial charge in [0.1, 0.15) is 19.0 Å². The molecule has 0 aliphatic heterocycles. The summed E-state index contributed by atoms with van der Waals surface area (Å²) in [7, 11) is 0. The molecule has 0 saturated heterocycles. The van der Waals surface area contributed by atoms with E-state index < -0.39 is 11.1 Å². The third kappa shape index (κ3) is 9.55. The van der Waals surface area contributed by atoms with Crippen LogP contribution in [-0.4, -0.2) is 72.5 Å². The molecule has 238 valence electrons. The second-order valence-corrected chi connectivity index (χ2v) is 10.2. The molecular formula is C29H33ClN8O7. The number of carbonyl (C=O) groups excluding carboxylic acids is 2. The molecule has 0 aliphatic rings. The van der Waals surface area contributed by atoms with Gasteiger partial charge in [0.25, 0.3) is 5.09 Å². The Hall–Kier alpha value is -4.89. The summed E-state index contributed by atoms with van der Waals surface area (Å²) >= 11 is 6.56. The highest BCUT2D eigenvalue weighted by Gasteiger charge is 2.18. The van der Waals surface area contributed by atoms with Crippen molar-refractivity contribution < 1.29 is 29.1 Å². The van der Waals surface area contributed by atoms with E-state index in [9.17, 15) is 19.7 Å². The molecule has 2 aromatic heterocycles. The molecule has 0 fully saturated rings. The van der Waals surface area contributed by atoms with Crippen LogP contribution in [0.2, 0.25) is 5.15 Å². The first-order valence-electron chi connectivity index (χ1n) is 14.3. The quantitative estimate of drug-likeness (QED) is 0.0510. The van der Waals surface area contributed by atoms with E-state index in [1.807, 2.05) is 53.1 Å². The van der Waals surface area contributed by atoms with E-state index in [2.05, 4.69) is 37.4 Å². The maximum atomic E-state index is 11.8. The van der Waals surface area contributed by atoms with Gasteiger partial charge in [0.05, 0.1) is 18.8 Å². The van der Waals surface area contributed by atoms with Crippen LogP contribution in [0.3, 0.4) is 0 Å². The summed E-state index contributed by atoms with van der Waals surface area (Å²) in [5, 5.41) is 24.9. The van der Waals surface area contributed by atoms with Crippen molar-refractivity contribution in [3.63, 3.8) is 0 Å². The summed E-state index contributed by atoms with van der Waals surface area (Å²) in [4.78, 5) is 48.1. The van der Waals surface area contributed by atoms with Crippen LogP contribution in [0.25, 0.3) is 22.5 Å². The minimum atomic E-state index is -0.924. The van der Waals surface area contributed by atoms with Gasteiger partial charge in [-0.15, -0.1) is 20.3 Å². The fourth-order valence-corrected chi connectivity index (χ4v) is 4.76. The van der Waals surface area contributed by atoms with Gasteiger partial charge < -0.3 is 14.1 Å². The number of aromatic amines is 1. The van der Waals surface area contributed by atoms with Gasteiger partial charge in [0, 0.05) is 24.9 Å². The number of aryl methyl sites for hydroxylation is 1. The van der Waals surface area contributed by atoms with Crippen LogP contribution in [0, 0.1) is 10.1 Å². The van der Waals surface area contributed by atoms with Crippen molar-refractivity contribution in [3.05, 3.63) is 80.9 Å². The number of ether oxygens (including phenoxy) is 1. The first kappa shape index (κ1) is 33.0. The number of nitrogens with zero attached hydrogens (tertiary/aromatic N) is 7. The zero-order valence-electron chi connectivity index (χ0n) is 24.6.